The summed E-state index contributed by atoms with van der Waals surface area (Å²) in [6.07, 6.45) is 0. The number of nitrogens with one attached hydrogen (secondary N) is 1. The van der Waals surface area contributed by atoms with Gasteiger partial charge in [0.2, 0.25) is 5.91 Å². The third kappa shape index (κ3) is 5.23. The van der Waals surface area contributed by atoms with E-state index in [2.05, 4.69) is 5.32 Å². The first-order valence-corrected chi connectivity index (χ1v) is 10.7. The lowest BCUT2D eigenvalue weighted by Gasteiger charge is -2.33. The minimum absolute atomic E-state index is 0.204. The molecule has 1 N–H and O–H groups in total. The number of hydrogen-bond acceptors (Lipinski definition) is 5. The number of fused-ring (bicyclic) bond motifs is 1. The molecule has 7 nitrogen and oxygen atoms in total. The Hall–Kier alpha value is -4.20. The van der Waals surface area contributed by atoms with Crippen LogP contribution in [0.25, 0.3) is 0 Å². The van der Waals surface area contributed by atoms with E-state index in [1.54, 1.807) is 19.1 Å². The molecule has 0 radical (unpaired) electrons. The first-order chi connectivity index (χ1) is 16.4. The molecular weight excluding hydrogens is 439 g/mol. The number of anilines is 1. The van der Waals surface area contributed by atoms with E-state index in [0.29, 0.717) is 29.3 Å². The molecule has 0 bridgehead atoms. The average molecular weight is 462 g/mol. The van der Waals surface area contributed by atoms with Crippen molar-refractivity contribution in [2.75, 3.05) is 18.1 Å². The molecule has 2 amide bonds. The summed E-state index contributed by atoms with van der Waals surface area (Å²) < 4.78 is 24.0. The Bertz CT molecular complexity index is 1200. The lowest BCUT2D eigenvalue weighted by Crippen LogP contribution is -2.51. The predicted molar refractivity (Wildman–Crippen MR) is 123 cm³/mol. The number of carbonyl (C=O) groups is 3. The molecule has 0 saturated carbocycles. The maximum Gasteiger partial charge on any atom is 0.265 e. The number of hydrogen-bond donors (Lipinski definition) is 1. The van der Waals surface area contributed by atoms with Gasteiger partial charge in [-0.25, -0.2) is 4.39 Å². The second-order valence-electron chi connectivity index (χ2n) is 7.78. The van der Waals surface area contributed by atoms with E-state index in [1.807, 2.05) is 30.3 Å². The highest BCUT2D eigenvalue weighted by Crippen LogP contribution is 2.34. The van der Waals surface area contributed by atoms with Crippen molar-refractivity contribution in [1.82, 2.24) is 5.32 Å². The van der Waals surface area contributed by atoms with Crippen molar-refractivity contribution in [3.8, 4) is 11.5 Å². The number of rotatable bonds is 8. The number of amides is 2. The second-order valence-corrected chi connectivity index (χ2v) is 7.78. The molecule has 0 fully saturated rings. The zero-order valence-electron chi connectivity index (χ0n) is 18.5. The number of carbonyl (C=O) groups excluding carboxylic acids is 3. The third-order valence-electron chi connectivity index (χ3n) is 5.42. The molecule has 8 heteroatoms. The van der Waals surface area contributed by atoms with E-state index >= 15 is 0 Å². The highest BCUT2D eigenvalue weighted by molar-refractivity contribution is 6.05. The van der Waals surface area contributed by atoms with Gasteiger partial charge in [0.15, 0.2) is 19.0 Å². The molecule has 0 aromatic heterocycles. The van der Waals surface area contributed by atoms with Crippen LogP contribution in [-0.4, -0.2) is 36.9 Å². The zero-order chi connectivity index (χ0) is 24.1. The molecule has 34 heavy (non-hydrogen) atoms. The Morgan fingerprint density at radius 1 is 1.09 bits per heavy atom. The fraction of sp³-hybridized carbons (Fsp3) is 0.192. The molecule has 3 aromatic carbocycles. The quantitative estimate of drug-likeness (QED) is 0.518. The first kappa shape index (κ1) is 23.0. The number of ketones is 1. The maximum atomic E-state index is 13.0. The molecule has 0 unspecified atom stereocenters. The molecule has 0 spiro atoms. The summed E-state index contributed by atoms with van der Waals surface area (Å²) in [6.45, 7) is 1.48. The molecule has 1 heterocycles. The normalized spacial score (nSPS) is 13.5. The van der Waals surface area contributed by atoms with E-state index in [4.69, 9.17) is 9.47 Å². The smallest absolute Gasteiger partial charge is 0.265 e. The Morgan fingerprint density at radius 2 is 1.82 bits per heavy atom. The van der Waals surface area contributed by atoms with Crippen molar-refractivity contribution < 1.29 is 28.2 Å². The molecule has 174 valence electrons. The summed E-state index contributed by atoms with van der Waals surface area (Å²) >= 11 is 0. The van der Waals surface area contributed by atoms with Gasteiger partial charge in [-0.3, -0.25) is 19.3 Å². The van der Waals surface area contributed by atoms with E-state index < -0.39 is 11.9 Å². The summed E-state index contributed by atoms with van der Waals surface area (Å²) in [5.74, 6) is -0.704. The van der Waals surface area contributed by atoms with E-state index in [9.17, 15) is 18.8 Å². The Kier molecular flexibility index (Phi) is 6.87. The number of halogens is 1. The van der Waals surface area contributed by atoms with Gasteiger partial charge >= 0.3 is 0 Å². The molecule has 0 saturated heterocycles. The topological polar surface area (TPSA) is 84.9 Å². The third-order valence-corrected chi connectivity index (χ3v) is 5.42. The van der Waals surface area contributed by atoms with Gasteiger partial charge in [-0.2, -0.15) is 0 Å². The average Bonchev–Trinajstić information content (AvgIpc) is 2.86. The summed E-state index contributed by atoms with van der Waals surface area (Å²) in [7, 11) is 0. The van der Waals surface area contributed by atoms with Gasteiger partial charge in [0.25, 0.3) is 5.91 Å². The summed E-state index contributed by atoms with van der Waals surface area (Å²) in [5, 5.41) is 2.84. The molecule has 4 rings (SSSR count). The van der Waals surface area contributed by atoms with Crippen LogP contribution in [0, 0.1) is 5.82 Å². The van der Waals surface area contributed by atoms with Crippen molar-refractivity contribution in [2.45, 2.75) is 19.5 Å². The standard InChI is InChI=1S/C26H23FN2O5/c1-17(26(32)28-14-18-5-3-2-4-6-18)29-22-13-19(7-12-24(22)34-16-25(29)31)23(30)15-33-21-10-8-20(27)9-11-21/h2-13,17H,14-16H2,1H3,(H,28,32)/t17-/m0/s1. The minimum Gasteiger partial charge on any atom is -0.485 e. The van der Waals surface area contributed by atoms with Crippen molar-refractivity contribution >= 4 is 23.3 Å². The predicted octanol–water partition coefficient (Wildman–Crippen LogP) is 3.52. The number of benzene rings is 3. The number of ether oxygens (including phenoxy) is 2. The molecular formula is C26H23FN2O5. The number of Topliss-reactive ketones (excluding diaryl/α,β-unsaturated/α-hetero) is 1. The van der Waals surface area contributed by atoms with Crippen LogP contribution >= 0.6 is 0 Å². The second kappa shape index (κ2) is 10.2. The van der Waals surface area contributed by atoms with Gasteiger partial charge in [-0.1, -0.05) is 30.3 Å². The lowest BCUT2D eigenvalue weighted by molar-refractivity contribution is -0.127. The summed E-state index contributed by atoms with van der Waals surface area (Å²) in [6, 6.07) is 18.6. The van der Waals surface area contributed by atoms with Gasteiger partial charge in [0.05, 0.1) is 5.69 Å². The van der Waals surface area contributed by atoms with Crippen LogP contribution < -0.4 is 19.7 Å². The fourth-order valence-corrected chi connectivity index (χ4v) is 3.58. The van der Waals surface area contributed by atoms with Crippen LogP contribution in [0.3, 0.4) is 0 Å². The molecule has 1 aliphatic heterocycles. The van der Waals surface area contributed by atoms with Crippen molar-refractivity contribution in [2.24, 2.45) is 0 Å². The monoisotopic (exact) mass is 462 g/mol. The van der Waals surface area contributed by atoms with Crippen LogP contribution in [-0.2, 0) is 16.1 Å². The summed E-state index contributed by atoms with van der Waals surface area (Å²) in [5.41, 5.74) is 1.57. The fourth-order valence-electron chi connectivity index (χ4n) is 3.58. The van der Waals surface area contributed by atoms with E-state index in [0.717, 1.165) is 5.56 Å². The van der Waals surface area contributed by atoms with Gasteiger partial charge in [0.1, 0.15) is 23.4 Å². The molecule has 1 atom stereocenters. The van der Waals surface area contributed by atoms with Crippen LogP contribution in [0.15, 0.2) is 72.8 Å². The van der Waals surface area contributed by atoms with Gasteiger partial charge in [-0.15, -0.1) is 0 Å². The zero-order valence-corrected chi connectivity index (χ0v) is 18.5. The molecule has 3 aromatic rings. The van der Waals surface area contributed by atoms with Crippen LogP contribution in [0.1, 0.15) is 22.8 Å². The summed E-state index contributed by atoms with van der Waals surface area (Å²) in [4.78, 5) is 39.5. The lowest BCUT2D eigenvalue weighted by atomic mass is 10.1. The maximum absolute atomic E-state index is 13.0. The van der Waals surface area contributed by atoms with Crippen LogP contribution in [0.4, 0.5) is 10.1 Å². The van der Waals surface area contributed by atoms with Crippen molar-refractivity contribution in [3.63, 3.8) is 0 Å². The van der Waals surface area contributed by atoms with Gasteiger partial charge in [-0.05, 0) is 55.0 Å². The van der Waals surface area contributed by atoms with Crippen LogP contribution in [0.2, 0.25) is 0 Å². The Morgan fingerprint density at radius 3 is 2.56 bits per heavy atom. The van der Waals surface area contributed by atoms with Crippen molar-refractivity contribution in [3.05, 3.63) is 89.7 Å². The van der Waals surface area contributed by atoms with E-state index in [1.165, 1.54) is 35.2 Å². The number of nitrogens with zero attached hydrogens (tertiary/aromatic N) is 1. The minimum atomic E-state index is -0.820. The Labute approximate surface area is 196 Å². The Balaban J connectivity index is 1.48. The largest absolute Gasteiger partial charge is 0.485 e. The molecule has 1 aliphatic rings. The highest BCUT2D eigenvalue weighted by atomic mass is 19.1. The highest BCUT2D eigenvalue weighted by Gasteiger charge is 2.33. The van der Waals surface area contributed by atoms with E-state index in [-0.39, 0.29) is 30.8 Å². The van der Waals surface area contributed by atoms with Gasteiger partial charge in [0, 0.05) is 12.1 Å². The van der Waals surface area contributed by atoms with Crippen LogP contribution in [0.5, 0.6) is 11.5 Å². The first-order valence-electron chi connectivity index (χ1n) is 10.7. The van der Waals surface area contributed by atoms with Crippen molar-refractivity contribution in [1.29, 1.82) is 0 Å². The van der Waals surface area contributed by atoms with Gasteiger partial charge < -0.3 is 14.8 Å². The SMILES string of the molecule is C[C@@H](C(=O)NCc1ccccc1)N1C(=O)COc2ccc(C(=O)COc3ccc(F)cc3)cc21. The molecule has 0 aliphatic carbocycles.